The number of anilines is 1. The summed E-state index contributed by atoms with van der Waals surface area (Å²) < 4.78 is 15.8. The molecule has 1 amide bonds. The van der Waals surface area contributed by atoms with Crippen LogP contribution in [-0.4, -0.2) is 30.9 Å². The summed E-state index contributed by atoms with van der Waals surface area (Å²) in [7, 11) is 0. The number of amides is 1. The number of aromatic nitrogens is 4. The molecule has 4 rings (SSSR count). The number of nitrogens with zero attached hydrogens (tertiary/aromatic N) is 4. The molecule has 144 valence electrons. The lowest BCUT2D eigenvalue weighted by atomic mass is 10.2. The van der Waals surface area contributed by atoms with E-state index in [2.05, 4.69) is 25.1 Å². The van der Waals surface area contributed by atoms with Crippen LogP contribution >= 0.6 is 11.8 Å². The topological polar surface area (TPSA) is 72.7 Å². The van der Waals surface area contributed by atoms with E-state index in [1.165, 1.54) is 17.8 Å². The zero-order valence-corrected chi connectivity index (χ0v) is 16.4. The molecule has 2 heterocycles. The first-order valence-electron chi connectivity index (χ1n) is 9.12. The quantitative estimate of drug-likeness (QED) is 0.630. The highest BCUT2D eigenvalue weighted by Gasteiger charge is 2.31. The molecule has 0 spiro atoms. The second-order valence-corrected chi connectivity index (χ2v) is 8.16. The third-order valence-corrected chi connectivity index (χ3v) is 5.66. The molecule has 1 N–H and O–H groups in total. The smallest absolute Gasteiger partial charge is 0.237 e. The molecule has 2 aromatic heterocycles. The van der Waals surface area contributed by atoms with Gasteiger partial charge >= 0.3 is 0 Å². The number of benzene rings is 1. The number of thioether (sulfide) groups is 1. The van der Waals surface area contributed by atoms with E-state index in [1.54, 1.807) is 31.5 Å². The molecule has 1 aromatic carbocycles. The first kappa shape index (κ1) is 18.6. The van der Waals surface area contributed by atoms with Gasteiger partial charge in [-0.15, -0.1) is 10.2 Å². The van der Waals surface area contributed by atoms with Crippen LogP contribution in [0.1, 0.15) is 31.4 Å². The van der Waals surface area contributed by atoms with Gasteiger partial charge in [-0.3, -0.25) is 14.3 Å². The second-order valence-electron chi connectivity index (χ2n) is 6.86. The Morgan fingerprint density at radius 1 is 1.25 bits per heavy atom. The van der Waals surface area contributed by atoms with Crippen molar-refractivity contribution in [1.29, 1.82) is 0 Å². The average molecular weight is 397 g/mol. The molecule has 28 heavy (non-hydrogen) atoms. The van der Waals surface area contributed by atoms with Crippen LogP contribution in [0, 0.1) is 12.7 Å². The van der Waals surface area contributed by atoms with Crippen molar-refractivity contribution in [2.75, 3.05) is 5.32 Å². The Morgan fingerprint density at radius 2 is 2.00 bits per heavy atom. The third-order valence-electron chi connectivity index (χ3n) is 4.61. The zero-order chi connectivity index (χ0) is 19.7. The van der Waals surface area contributed by atoms with Crippen molar-refractivity contribution in [3.8, 4) is 11.4 Å². The molecule has 1 fully saturated rings. The van der Waals surface area contributed by atoms with E-state index in [-0.39, 0.29) is 11.7 Å². The highest BCUT2D eigenvalue weighted by atomic mass is 32.2. The van der Waals surface area contributed by atoms with Crippen LogP contribution in [0.25, 0.3) is 11.4 Å². The van der Waals surface area contributed by atoms with E-state index >= 15 is 0 Å². The molecule has 6 nitrogen and oxygen atoms in total. The van der Waals surface area contributed by atoms with Crippen molar-refractivity contribution in [3.63, 3.8) is 0 Å². The molecular formula is C20H20FN5OS. The molecule has 1 saturated carbocycles. The fourth-order valence-electron chi connectivity index (χ4n) is 2.84. The van der Waals surface area contributed by atoms with E-state index in [9.17, 15) is 9.18 Å². The maximum atomic E-state index is 13.7. The Bertz CT molecular complexity index is 1000. The third kappa shape index (κ3) is 3.91. The number of pyridine rings is 1. The lowest BCUT2D eigenvalue weighted by molar-refractivity contribution is -0.115. The number of halogens is 1. The van der Waals surface area contributed by atoms with Crippen LogP contribution in [0.4, 0.5) is 10.1 Å². The minimum atomic E-state index is -0.406. The van der Waals surface area contributed by atoms with E-state index in [4.69, 9.17) is 0 Å². The molecule has 8 heteroatoms. The Balaban J connectivity index is 1.51. The maximum Gasteiger partial charge on any atom is 0.237 e. The van der Waals surface area contributed by atoms with Gasteiger partial charge in [-0.25, -0.2) is 4.39 Å². The van der Waals surface area contributed by atoms with E-state index in [0.29, 0.717) is 22.4 Å². The summed E-state index contributed by atoms with van der Waals surface area (Å²) in [5.41, 5.74) is 1.94. The van der Waals surface area contributed by atoms with Gasteiger partial charge < -0.3 is 5.32 Å². The standard InChI is InChI=1S/C20H20FN5OS/c1-12-3-4-15(11-17(12)21)23-19(27)13(2)28-20-25-24-18(26(20)16-5-6-16)14-7-9-22-10-8-14/h3-4,7-11,13,16H,5-6H2,1-2H3,(H,23,27)/t13-/m0/s1. The van der Waals surface area contributed by atoms with Crippen molar-refractivity contribution in [1.82, 2.24) is 19.7 Å². The predicted octanol–water partition coefficient (Wildman–Crippen LogP) is 4.24. The van der Waals surface area contributed by atoms with Crippen LogP contribution in [0.2, 0.25) is 0 Å². The van der Waals surface area contributed by atoms with Gasteiger partial charge in [0.25, 0.3) is 0 Å². The van der Waals surface area contributed by atoms with Gasteiger partial charge in [-0.1, -0.05) is 17.8 Å². The van der Waals surface area contributed by atoms with Gasteiger partial charge in [0.2, 0.25) is 5.91 Å². The summed E-state index contributed by atoms with van der Waals surface area (Å²) >= 11 is 1.36. The average Bonchev–Trinajstić information content (AvgIpc) is 3.45. The summed E-state index contributed by atoms with van der Waals surface area (Å²) in [5, 5.41) is 11.7. The highest BCUT2D eigenvalue weighted by Crippen LogP contribution is 2.41. The Kier molecular flexibility index (Phi) is 5.13. The summed E-state index contributed by atoms with van der Waals surface area (Å²) in [6.45, 7) is 3.49. The second kappa shape index (κ2) is 7.71. The van der Waals surface area contributed by atoms with Crippen LogP contribution in [-0.2, 0) is 4.79 Å². The number of hydrogen-bond acceptors (Lipinski definition) is 5. The fraction of sp³-hybridized carbons (Fsp3) is 0.300. The van der Waals surface area contributed by atoms with Crippen molar-refractivity contribution >= 4 is 23.4 Å². The molecule has 0 unspecified atom stereocenters. The first-order chi connectivity index (χ1) is 13.5. The molecular weight excluding hydrogens is 377 g/mol. The van der Waals surface area contributed by atoms with Crippen LogP contribution in [0.5, 0.6) is 0 Å². The largest absolute Gasteiger partial charge is 0.325 e. The number of nitrogens with one attached hydrogen (secondary N) is 1. The van der Waals surface area contributed by atoms with Crippen LogP contribution in [0.3, 0.4) is 0 Å². The molecule has 1 atom stereocenters. The highest BCUT2D eigenvalue weighted by molar-refractivity contribution is 8.00. The fourth-order valence-corrected chi connectivity index (χ4v) is 3.76. The summed E-state index contributed by atoms with van der Waals surface area (Å²) in [4.78, 5) is 16.6. The minimum absolute atomic E-state index is 0.205. The maximum absolute atomic E-state index is 13.7. The van der Waals surface area contributed by atoms with Crippen LogP contribution in [0.15, 0.2) is 47.9 Å². The van der Waals surface area contributed by atoms with Crippen molar-refractivity contribution in [2.24, 2.45) is 0 Å². The van der Waals surface area contributed by atoms with Gasteiger partial charge in [0.05, 0.1) is 5.25 Å². The van der Waals surface area contributed by atoms with E-state index in [0.717, 1.165) is 24.2 Å². The number of carbonyl (C=O) groups is 1. The van der Waals surface area contributed by atoms with Gasteiger partial charge in [-0.2, -0.15) is 0 Å². The Morgan fingerprint density at radius 3 is 2.68 bits per heavy atom. The molecule has 0 bridgehead atoms. The molecule has 3 aromatic rings. The van der Waals surface area contributed by atoms with Gasteiger partial charge in [0.15, 0.2) is 11.0 Å². The predicted molar refractivity (Wildman–Crippen MR) is 107 cm³/mol. The summed E-state index contributed by atoms with van der Waals surface area (Å²) in [5.74, 6) is 0.248. The van der Waals surface area contributed by atoms with Crippen molar-refractivity contribution in [3.05, 3.63) is 54.1 Å². The van der Waals surface area contributed by atoms with Gasteiger partial charge in [-0.05, 0) is 56.5 Å². The molecule has 0 saturated heterocycles. The molecule has 1 aliphatic rings. The number of carbonyl (C=O) groups excluding carboxylic acids is 1. The lowest BCUT2D eigenvalue weighted by Crippen LogP contribution is -2.23. The van der Waals surface area contributed by atoms with Crippen molar-refractivity contribution < 1.29 is 9.18 Å². The monoisotopic (exact) mass is 397 g/mol. The van der Waals surface area contributed by atoms with E-state index < -0.39 is 5.25 Å². The Hall–Kier alpha value is -2.74. The number of aryl methyl sites for hydroxylation is 1. The minimum Gasteiger partial charge on any atom is -0.325 e. The summed E-state index contributed by atoms with van der Waals surface area (Å²) in [6, 6.07) is 8.84. The SMILES string of the molecule is Cc1ccc(NC(=O)[C@H](C)Sc2nnc(-c3ccncc3)n2C2CC2)cc1F. The molecule has 1 aliphatic carbocycles. The number of rotatable bonds is 6. The Labute approximate surface area is 166 Å². The zero-order valence-electron chi connectivity index (χ0n) is 15.6. The van der Waals surface area contributed by atoms with Crippen LogP contribution < -0.4 is 5.32 Å². The lowest BCUT2D eigenvalue weighted by Gasteiger charge is -2.13. The van der Waals surface area contributed by atoms with E-state index in [1.807, 2.05) is 19.1 Å². The number of hydrogen-bond donors (Lipinski definition) is 1. The normalized spacial score (nSPS) is 14.7. The van der Waals surface area contributed by atoms with Crippen molar-refractivity contribution in [2.45, 2.75) is 43.1 Å². The molecule has 0 aliphatic heterocycles. The van der Waals surface area contributed by atoms with Gasteiger partial charge in [0.1, 0.15) is 5.82 Å². The van der Waals surface area contributed by atoms with Gasteiger partial charge in [0, 0.05) is 29.7 Å². The summed E-state index contributed by atoms with van der Waals surface area (Å²) in [6.07, 6.45) is 5.61. The molecule has 0 radical (unpaired) electrons. The first-order valence-corrected chi connectivity index (χ1v) is 10.00.